The van der Waals surface area contributed by atoms with Gasteiger partial charge < -0.3 is 15.0 Å². The molecule has 2 aliphatic carbocycles. The van der Waals surface area contributed by atoms with E-state index in [0.717, 1.165) is 93.7 Å². The number of piperidine rings is 1. The number of fused-ring (bicyclic) bond motifs is 2. The zero-order chi connectivity index (χ0) is 44.6. The fourth-order valence-corrected chi connectivity index (χ4v) is 9.43. The molecule has 3 fully saturated rings. The van der Waals surface area contributed by atoms with E-state index in [-0.39, 0.29) is 35.7 Å². The molecule has 4 heterocycles. The Balaban J connectivity index is 0.763. The van der Waals surface area contributed by atoms with Crippen LogP contribution in [0, 0.1) is 17.8 Å². The lowest BCUT2D eigenvalue weighted by Crippen LogP contribution is -2.44. The van der Waals surface area contributed by atoms with Gasteiger partial charge >= 0.3 is 11.9 Å². The smallest absolute Gasteiger partial charge is 0.378 e. The van der Waals surface area contributed by atoms with Crippen LogP contribution in [0.1, 0.15) is 97.6 Å². The van der Waals surface area contributed by atoms with Crippen molar-refractivity contribution >= 4 is 46.9 Å². The molecule has 1 unspecified atom stereocenters. The second-order valence-corrected chi connectivity index (χ2v) is 17.3. The maximum absolute atomic E-state index is 14.1. The Bertz CT molecular complexity index is 2630. The van der Waals surface area contributed by atoms with E-state index >= 15 is 0 Å². The maximum Gasteiger partial charge on any atom is 0.433 e. The minimum Gasteiger partial charge on any atom is -0.378 e. The number of nitrogens with zero attached hydrogens (tertiary/aromatic N) is 6. The molecule has 3 amide bonds. The van der Waals surface area contributed by atoms with Gasteiger partial charge in [0.05, 0.1) is 28.0 Å². The van der Waals surface area contributed by atoms with Gasteiger partial charge in [0.25, 0.3) is 12.3 Å². The number of benzene rings is 2. The number of para-hydroxylation sites is 1. The van der Waals surface area contributed by atoms with Crippen molar-refractivity contribution in [3.63, 3.8) is 0 Å². The summed E-state index contributed by atoms with van der Waals surface area (Å²) in [6.07, 6.45) is 4.23. The number of aryl methyl sites for hydroxylation is 1. The van der Waals surface area contributed by atoms with Crippen molar-refractivity contribution in [2.45, 2.75) is 89.0 Å². The fourth-order valence-electron chi connectivity index (χ4n) is 9.43. The molecule has 18 heteroatoms. The number of hydrogen-bond donors (Lipinski definition) is 2. The minimum atomic E-state index is -4.77. The maximum atomic E-state index is 14.1. The highest BCUT2D eigenvalue weighted by molar-refractivity contribution is 6.03. The van der Waals surface area contributed by atoms with Gasteiger partial charge in [-0.15, -0.1) is 0 Å². The largest absolute Gasteiger partial charge is 0.433 e. The van der Waals surface area contributed by atoms with Crippen molar-refractivity contribution in [2.75, 3.05) is 32.1 Å². The van der Waals surface area contributed by atoms with Crippen LogP contribution in [0.3, 0.4) is 0 Å². The third-order valence-corrected chi connectivity index (χ3v) is 12.7. The highest BCUT2D eigenvalue weighted by Gasteiger charge is 2.35. The summed E-state index contributed by atoms with van der Waals surface area (Å²) in [5, 5.41) is 9.95. The minimum absolute atomic E-state index is 0.199. The molecule has 63 heavy (non-hydrogen) atoms. The quantitative estimate of drug-likeness (QED) is 0.0743. The van der Waals surface area contributed by atoms with Gasteiger partial charge in [-0.25, -0.2) is 18.6 Å². The van der Waals surface area contributed by atoms with Crippen molar-refractivity contribution in [1.82, 2.24) is 24.3 Å². The van der Waals surface area contributed by atoms with Gasteiger partial charge in [-0.2, -0.15) is 13.2 Å². The average molecular weight is 878 g/mol. The highest BCUT2D eigenvalue weighted by atomic mass is 19.4. The number of carbonyl (C=O) groups is 3. The molecule has 4 aromatic rings. The first-order valence-electron chi connectivity index (χ1n) is 21.5. The van der Waals surface area contributed by atoms with Crippen LogP contribution >= 0.6 is 0 Å². The van der Waals surface area contributed by atoms with Crippen molar-refractivity contribution in [3.05, 3.63) is 92.1 Å². The van der Waals surface area contributed by atoms with Crippen LogP contribution < -0.4 is 26.9 Å². The van der Waals surface area contributed by atoms with E-state index in [1.807, 2.05) is 24.4 Å². The van der Waals surface area contributed by atoms with E-state index in [4.69, 9.17) is 4.74 Å². The Morgan fingerprint density at radius 3 is 2.54 bits per heavy atom. The van der Waals surface area contributed by atoms with E-state index in [1.165, 1.54) is 16.7 Å². The third kappa shape index (κ3) is 9.81. The van der Waals surface area contributed by atoms with Crippen molar-refractivity contribution in [3.8, 4) is 0 Å². The molecule has 1 atom stereocenters. The molecule has 0 radical (unpaired) electrons. The summed E-state index contributed by atoms with van der Waals surface area (Å²) < 4.78 is 78.5. The van der Waals surface area contributed by atoms with Gasteiger partial charge in [0, 0.05) is 49.7 Å². The Morgan fingerprint density at radius 2 is 1.81 bits per heavy atom. The van der Waals surface area contributed by atoms with Crippen LogP contribution in [0.5, 0.6) is 0 Å². The zero-order valence-corrected chi connectivity index (χ0v) is 35.0. The number of imide groups is 1. The summed E-state index contributed by atoms with van der Waals surface area (Å²) in [7, 11) is 3.86. The first-order valence-corrected chi connectivity index (χ1v) is 21.5. The first-order chi connectivity index (χ1) is 30.1. The Hall–Kier alpha value is -5.62. The van der Waals surface area contributed by atoms with Crippen LogP contribution in [0.15, 0.2) is 58.4 Å². The molecule has 334 valence electrons. The van der Waals surface area contributed by atoms with Crippen molar-refractivity contribution < 1.29 is 45.8 Å². The fraction of sp³-hybridized carbons (Fsp3) is 0.489. The molecular formula is C45H50F5N8O5+. The Morgan fingerprint density at radius 1 is 1.05 bits per heavy atom. The molecule has 4 aliphatic rings. The summed E-state index contributed by atoms with van der Waals surface area (Å²) in [5.41, 5.74) is -0.202. The first kappa shape index (κ1) is 44.0. The topological polar surface area (TPSA) is 143 Å². The van der Waals surface area contributed by atoms with Gasteiger partial charge in [0.2, 0.25) is 18.0 Å². The second kappa shape index (κ2) is 18.2. The molecule has 0 spiro atoms. The number of ether oxygens (including phenoxy) is 1. The lowest BCUT2D eigenvalue weighted by molar-refractivity contribution is -0.424. The van der Waals surface area contributed by atoms with Crippen LogP contribution in [0.25, 0.3) is 17.2 Å². The van der Waals surface area contributed by atoms with Gasteiger partial charge in [-0.05, 0) is 113 Å². The van der Waals surface area contributed by atoms with Crippen molar-refractivity contribution in [2.24, 2.45) is 29.9 Å². The number of rotatable bonds is 14. The number of aromatic nitrogens is 3. The molecule has 0 bridgehead atoms. The lowest BCUT2D eigenvalue weighted by atomic mass is 9.78. The summed E-state index contributed by atoms with van der Waals surface area (Å²) in [5.74, 6) is -0.584. The normalized spacial score (nSPS) is 23.1. The predicted molar refractivity (Wildman–Crippen MR) is 222 cm³/mol. The number of amides is 3. The van der Waals surface area contributed by atoms with Crippen LogP contribution in [0.2, 0.25) is 0 Å². The molecule has 2 aliphatic heterocycles. The van der Waals surface area contributed by atoms with E-state index in [2.05, 4.69) is 32.7 Å². The predicted octanol–water partition coefficient (Wildman–Crippen LogP) is 5.46. The van der Waals surface area contributed by atoms with Crippen LogP contribution in [0.4, 0.5) is 27.6 Å². The van der Waals surface area contributed by atoms with Gasteiger partial charge in [-0.1, -0.05) is 22.9 Å². The SMILES string of the molecule is CN(CCCOC1CC(Cc2cccc3c2n(C)c(=O)n3C2CCC(=O)NC2=O)C1)CC1CCC(/C=[N+]2/C=c3cc(NC(=O)c4cccc(C(F)(F)F)n4)c(C(F)F)cc3=N2)CC1. The number of alkyl halides is 5. The molecule has 1 saturated heterocycles. The van der Waals surface area contributed by atoms with E-state index in [0.29, 0.717) is 41.0 Å². The average Bonchev–Trinajstić information content (AvgIpc) is 3.74. The summed E-state index contributed by atoms with van der Waals surface area (Å²) in [6, 6.07) is 10.5. The number of nitrogens with one attached hydrogen (secondary N) is 2. The number of carbonyl (C=O) groups excluding carboxylic acids is 3. The number of pyridine rings is 1. The van der Waals surface area contributed by atoms with E-state index < -0.39 is 47.4 Å². The number of halogens is 5. The van der Waals surface area contributed by atoms with Crippen LogP contribution in [-0.4, -0.2) is 80.5 Å². The lowest BCUT2D eigenvalue weighted by Gasteiger charge is -2.35. The molecule has 2 aromatic carbocycles. The van der Waals surface area contributed by atoms with E-state index in [1.54, 1.807) is 22.5 Å². The standard InChI is InChI=1S/C45H49F5N8O5/c1-55(16-5-17-63-31-19-28(20-31)18-29-6-3-8-36-40(29)56(2)44(62)58(36)37-14-15-39(59)53-43(37)61)23-26-10-12-27(13-11-26)24-57-25-30-21-35(32(41(46)47)22-34(30)54-57)52-42(60)33-7-4-9-38(51-33)45(48,49)50/h3-4,6-9,21-22,24-28,31,37,41H,5,10-20,23H2,1-2H3,(H-,52,53,59,60,61)/p+1/b57-24-. The molecular weight excluding hydrogens is 828 g/mol. The van der Waals surface area contributed by atoms with E-state index in [9.17, 15) is 41.1 Å². The third-order valence-electron chi connectivity index (χ3n) is 12.7. The van der Waals surface area contributed by atoms with Gasteiger partial charge in [0.1, 0.15) is 22.8 Å². The highest BCUT2D eigenvalue weighted by Crippen LogP contribution is 2.36. The molecule has 13 nitrogen and oxygen atoms in total. The summed E-state index contributed by atoms with van der Waals surface area (Å²) >= 11 is 0. The van der Waals surface area contributed by atoms with Gasteiger partial charge in [-0.3, -0.25) is 28.8 Å². The van der Waals surface area contributed by atoms with Crippen LogP contribution in [-0.2, 0) is 34.0 Å². The monoisotopic (exact) mass is 877 g/mol. The number of imidazole rings is 1. The molecule has 2 saturated carbocycles. The van der Waals surface area contributed by atoms with Crippen molar-refractivity contribution in [1.29, 1.82) is 0 Å². The second-order valence-electron chi connectivity index (χ2n) is 17.3. The Labute approximate surface area is 359 Å². The number of hydrogen-bond acceptors (Lipinski definition) is 8. The summed E-state index contributed by atoms with van der Waals surface area (Å²) in [4.78, 5) is 56.1. The molecule has 8 rings (SSSR count). The van der Waals surface area contributed by atoms with Gasteiger partial charge in [0.15, 0.2) is 6.21 Å². The molecule has 2 N–H and O–H groups in total. The zero-order valence-electron chi connectivity index (χ0n) is 35.0. The summed E-state index contributed by atoms with van der Waals surface area (Å²) in [6.45, 7) is 2.58. The number of anilines is 1. The Kier molecular flexibility index (Phi) is 12.7. The molecule has 2 aromatic heterocycles.